The van der Waals surface area contributed by atoms with Crippen molar-refractivity contribution in [3.05, 3.63) is 42.7 Å². The van der Waals surface area contributed by atoms with Crippen LogP contribution in [0.25, 0.3) is 11.4 Å². The predicted molar refractivity (Wildman–Crippen MR) is 119 cm³/mol. The Hall–Kier alpha value is -3.60. The lowest BCUT2D eigenvalue weighted by Crippen LogP contribution is -2.39. The van der Waals surface area contributed by atoms with Crippen molar-refractivity contribution in [3.63, 3.8) is 0 Å². The van der Waals surface area contributed by atoms with Crippen LogP contribution in [0.2, 0.25) is 0 Å². The largest absolute Gasteiger partial charge is 0.486 e. The van der Waals surface area contributed by atoms with E-state index in [2.05, 4.69) is 25.8 Å². The molecular weight excluding hydrogens is 432 g/mol. The molecule has 2 N–H and O–H groups in total. The number of fused-ring (bicyclic) bond motifs is 1. The number of urea groups is 1. The van der Waals surface area contributed by atoms with Gasteiger partial charge in [0, 0.05) is 36.3 Å². The first-order valence-electron chi connectivity index (χ1n) is 10.1. The van der Waals surface area contributed by atoms with Gasteiger partial charge in [0.2, 0.25) is 5.91 Å². The van der Waals surface area contributed by atoms with E-state index < -0.39 is 17.2 Å². The molecular formula is C21H22N6O4S. The van der Waals surface area contributed by atoms with Crippen molar-refractivity contribution in [2.45, 2.75) is 30.8 Å². The fourth-order valence-corrected chi connectivity index (χ4v) is 4.00. The second kappa shape index (κ2) is 9.69. The first-order valence-corrected chi connectivity index (χ1v) is 10.9. The van der Waals surface area contributed by atoms with Gasteiger partial charge in [-0.1, -0.05) is 11.8 Å². The number of aromatic nitrogens is 4. The van der Waals surface area contributed by atoms with Crippen LogP contribution in [0, 0.1) is 0 Å². The van der Waals surface area contributed by atoms with Crippen LogP contribution in [0.15, 0.2) is 47.9 Å². The lowest BCUT2D eigenvalue weighted by molar-refractivity contribution is -0.119. The van der Waals surface area contributed by atoms with E-state index in [1.165, 1.54) is 11.8 Å². The Bertz CT molecular complexity index is 1120. The molecule has 10 nitrogen and oxygen atoms in total. The molecule has 3 heterocycles. The molecule has 1 unspecified atom stereocenters. The minimum atomic E-state index is -0.631. The summed E-state index contributed by atoms with van der Waals surface area (Å²) < 4.78 is 12.9. The number of amides is 3. The number of hydrogen-bond acceptors (Lipinski definition) is 8. The van der Waals surface area contributed by atoms with Gasteiger partial charge in [-0.2, -0.15) is 0 Å². The molecule has 0 saturated heterocycles. The Morgan fingerprint density at radius 2 is 1.88 bits per heavy atom. The zero-order valence-electron chi connectivity index (χ0n) is 17.6. The van der Waals surface area contributed by atoms with Crippen LogP contribution in [0.4, 0.5) is 10.5 Å². The molecule has 1 aromatic carbocycles. The maximum Gasteiger partial charge on any atom is 0.325 e. The van der Waals surface area contributed by atoms with E-state index >= 15 is 0 Å². The highest BCUT2D eigenvalue weighted by molar-refractivity contribution is 8.00. The van der Waals surface area contributed by atoms with Gasteiger partial charge in [-0.3, -0.25) is 15.1 Å². The summed E-state index contributed by atoms with van der Waals surface area (Å²) >= 11 is 1.23. The molecule has 11 heteroatoms. The Labute approximate surface area is 188 Å². The number of benzene rings is 1. The smallest absolute Gasteiger partial charge is 0.325 e. The minimum absolute atomic E-state index is 0.443. The van der Waals surface area contributed by atoms with Crippen LogP contribution in [-0.4, -0.2) is 50.2 Å². The zero-order chi connectivity index (χ0) is 22.5. The van der Waals surface area contributed by atoms with E-state index in [0.717, 1.165) is 5.56 Å². The van der Waals surface area contributed by atoms with Crippen LogP contribution >= 0.6 is 11.8 Å². The van der Waals surface area contributed by atoms with Crippen molar-refractivity contribution in [2.75, 3.05) is 18.5 Å². The van der Waals surface area contributed by atoms with E-state index in [9.17, 15) is 9.59 Å². The molecule has 32 heavy (non-hydrogen) atoms. The Morgan fingerprint density at radius 3 is 2.62 bits per heavy atom. The summed E-state index contributed by atoms with van der Waals surface area (Å²) in [5, 5.41) is 13.5. The molecule has 3 aromatic rings. The Balaban J connectivity index is 1.37. The van der Waals surface area contributed by atoms with Gasteiger partial charge in [0.25, 0.3) is 0 Å². The normalized spacial score (nSPS) is 13.3. The first kappa shape index (κ1) is 21.6. The van der Waals surface area contributed by atoms with Crippen molar-refractivity contribution in [2.24, 2.45) is 0 Å². The van der Waals surface area contributed by atoms with Crippen LogP contribution in [0.1, 0.15) is 13.8 Å². The maximum absolute atomic E-state index is 12.6. The van der Waals surface area contributed by atoms with Crippen LogP contribution in [0.3, 0.4) is 0 Å². The summed E-state index contributed by atoms with van der Waals surface area (Å²) in [6.45, 7) is 5.25. The molecule has 0 spiro atoms. The molecule has 1 aliphatic rings. The van der Waals surface area contributed by atoms with E-state index in [1.807, 2.05) is 23.6 Å². The average Bonchev–Trinajstić information content (AvgIpc) is 3.21. The van der Waals surface area contributed by atoms with E-state index in [-0.39, 0.29) is 0 Å². The van der Waals surface area contributed by atoms with E-state index in [4.69, 9.17) is 9.47 Å². The van der Waals surface area contributed by atoms with Crippen molar-refractivity contribution < 1.29 is 19.1 Å². The number of nitrogens with one attached hydrogen (secondary N) is 2. The second-order valence-electron chi connectivity index (χ2n) is 6.85. The number of imide groups is 1. The molecule has 2 aromatic heterocycles. The number of rotatable bonds is 6. The van der Waals surface area contributed by atoms with Crippen molar-refractivity contribution in [1.29, 1.82) is 0 Å². The molecule has 1 aliphatic heterocycles. The lowest BCUT2D eigenvalue weighted by atomic mass is 10.2. The number of hydrogen-bond donors (Lipinski definition) is 2. The van der Waals surface area contributed by atoms with Crippen molar-refractivity contribution in [1.82, 2.24) is 25.1 Å². The fourth-order valence-electron chi connectivity index (χ4n) is 3.08. The Morgan fingerprint density at radius 1 is 1.12 bits per heavy atom. The highest BCUT2D eigenvalue weighted by Crippen LogP contribution is 2.32. The van der Waals surface area contributed by atoms with Crippen molar-refractivity contribution >= 4 is 29.4 Å². The fraction of sp³-hybridized carbons (Fsp3) is 0.286. The Kier molecular flexibility index (Phi) is 6.55. The van der Waals surface area contributed by atoms with Gasteiger partial charge < -0.3 is 19.4 Å². The monoisotopic (exact) mass is 454 g/mol. The number of thioether (sulfide) groups is 1. The minimum Gasteiger partial charge on any atom is -0.486 e. The maximum atomic E-state index is 12.6. The first-order chi connectivity index (χ1) is 15.5. The quantitative estimate of drug-likeness (QED) is 0.546. The highest BCUT2D eigenvalue weighted by Gasteiger charge is 2.22. The summed E-state index contributed by atoms with van der Waals surface area (Å²) in [6, 6.07) is 8.11. The van der Waals surface area contributed by atoms with Crippen LogP contribution in [-0.2, 0) is 11.3 Å². The summed E-state index contributed by atoms with van der Waals surface area (Å²) in [7, 11) is 0. The number of carbonyl (C=O) groups is 2. The zero-order valence-corrected chi connectivity index (χ0v) is 18.4. The lowest BCUT2D eigenvalue weighted by Gasteiger charge is -2.19. The molecule has 0 aliphatic carbocycles. The van der Waals surface area contributed by atoms with Gasteiger partial charge in [-0.25, -0.2) is 4.79 Å². The molecule has 0 saturated carbocycles. The second-order valence-corrected chi connectivity index (χ2v) is 8.16. The van der Waals surface area contributed by atoms with Gasteiger partial charge >= 0.3 is 6.03 Å². The summed E-state index contributed by atoms with van der Waals surface area (Å²) in [5.41, 5.74) is 1.38. The number of ether oxygens (including phenoxy) is 2. The van der Waals surface area contributed by atoms with Gasteiger partial charge in [0.15, 0.2) is 22.5 Å². The molecule has 0 fully saturated rings. The number of pyridine rings is 1. The number of nitrogens with zero attached hydrogens (tertiary/aromatic N) is 4. The van der Waals surface area contributed by atoms with Gasteiger partial charge in [0.1, 0.15) is 13.2 Å². The van der Waals surface area contributed by atoms with Crippen LogP contribution < -0.4 is 20.1 Å². The third kappa shape index (κ3) is 4.83. The SMILES string of the molecule is CCn1c(SC(C)C(=O)NC(=O)Nc2ccc3c(c2)OCCO3)nnc1-c1ccncc1. The van der Waals surface area contributed by atoms with Crippen LogP contribution in [0.5, 0.6) is 11.5 Å². The van der Waals surface area contributed by atoms with Gasteiger partial charge in [-0.15, -0.1) is 10.2 Å². The predicted octanol–water partition coefficient (Wildman–Crippen LogP) is 2.96. The van der Waals surface area contributed by atoms with E-state index in [1.54, 1.807) is 37.5 Å². The number of carbonyl (C=O) groups excluding carboxylic acids is 2. The topological polar surface area (TPSA) is 120 Å². The molecule has 0 radical (unpaired) electrons. The summed E-state index contributed by atoms with van der Waals surface area (Å²) in [4.78, 5) is 28.9. The van der Waals surface area contributed by atoms with Crippen molar-refractivity contribution in [3.8, 4) is 22.9 Å². The molecule has 1 atom stereocenters. The third-order valence-corrected chi connectivity index (χ3v) is 5.74. The third-order valence-electron chi connectivity index (χ3n) is 4.66. The summed E-state index contributed by atoms with van der Waals surface area (Å²) in [5.74, 6) is 1.42. The average molecular weight is 455 g/mol. The van der Waals surface area contributed by atoms with Gasteiger partial charge in [0.05, 0.1) is 5.25 Å². The van der Waals surface area contributed by atoms with E-state index in [0.29, 0.717) is 47.9 Å². The standard InChI is InChI=1S/C21H22N6O4S/c1-3-27-18(14-6-8-22-9-7-14)25-26-21(27)32-13(2)19(28)24-20(29)23-15-4-5-16-17(12-15)31-11-10-30-16/h4-9,12-13H,3,10-11H2,1-2H3,(H2,23,24,28,29). The molecule has 0 bridgehead atoms. The number of anilines is 1. The summed E-state index contributed by atoms with van der Waals surface area (Å²) in [6.07, 6.45) is 3.38. The van der Waals surface area contributed by atoms with Gasteiger partial charge in [-0.05, 0) is 38.1 Å². The molecule has 3 amide bonds. The molecule has 166 valence electrons. The highest BCUT2D eigenvalue weighted by atomic mass is 32.2. The molecule has 4 rings (SSSR count).